The zero-order chi connectivity index (χ0) is 20.5. The average molecular weight is 418 g/mol. The van der Waals surface area contributed by atoms with Crippen molar-refractivity contribution in [2.45, 2.75) is 82.9 Å². The number of hydrogen-bond donors (Lipinski definition) is 1. The minimum absolute atomic E-state index is 0.379. The Morgan fingerprint density at radius 2 is 1.83 bits per heavy atom. The van der Waals surface area contributed by atoms with Gasteiger partial charge in [-0.05, 0) is 33.1 Å². The third kappa shape index (κ3) is 3.65. The molecule has 9 nitrogen and oxygen atoms in total. The van der Waals surface area contributed by atoms with Gasteiger partial charge < -0.3 is 9.13 Å². The summed E-state index contributed by atoms with van der Waals surface area (Å²) in [5.41, 5.74) is 0.168. The van der Waals surface area contributed by atoms with Gasteiger partial charge in [-0.15, -0.1) is 10.2 Å². The number of nitrogens with zero attached hydrogens (tertiary/aromatic N) is 6. The number of nitrogens with one attached hydrogen (secondary N) is 1. The van der Waals surface area contributed by atoms with Crippen LogP contribution >= 0.6 is 11.8 Å². The van der Waals surface area contributed by atoms with E-state index < -0.39 is 5.69 Å². The lowest BCUT2D eigenvalue weighted by Crippen LogP contribution is -2.31. The third-order valence-electron chi connectivity index (χ3n) is 5.35. The number of fused-ring (bicyclic) bond motifs is 1. The van der Waals surface area contributed by atoms with E-state index in [1.54, 1.807) is 16.3 Å². The molecule has 3 aromatic heterocycles. The highest BCUT2D eigenvalue weighted by molar-refractivity contribution is 7.98. The Balaban J connectivity index is 1.70. The van der Waals surface area contributed by atoms with Crippen LogP contribution in [0.15, 0.2) is 14.7 Å². The molecule has 10 heteroatoms. The lowest BCUT2D eigenvalue weighted by Gasteiger charge is -2.07. The summed E-state index contributed by atoms with van der Waals surface area (Å²) in [5, 5.41) is 9.64. The van der Waals surface area contributed by atoms with E-state index >= 15 is 0 Å². The number of H-pyrrole nitrogens is 1. The van der Waals surface area contributed by atoms with E-state index in [9.17, 15) is 9.59 Å². The smallest absolute Gasteiger partial charge is 0.322 e. The molecule has 0 radical (unpaired) electrons. The van der Waals surface area contributed by atoms with Gasteiger partial charge in [0.15, 0.2) is 16.3 Å². The molecule has 0 atom stereocenters. The van der Waals surface area contributed by atoms with Crippen LogP contribution in [0.1, 0.15) is 64.0 Å². The van der Waals surface area contributed by atoms with E-state index in [4.69, 9.17) is 4.98 Å². The van der Waals surface area contributed by atoms with Crippen LogP contribution in [0.4, 0.5) is 0 Å². The molecule has 0 aromatic carbocycles. The van der Waals surface area contributed by atoms with E-state index in [2.05, 4.69) is 33.6 Å². The number of aromatic amines is 1. The standard InChI is InChI=1S/C19H27N7O2S/c1-4-7-10-26-16-14(17(27)21-18(26)28)24(5-2)13(20-16)11-29-19-23-22-15(12-8-9-12)25(19)6-3/h12H,4-11H2,1-3H3,(H,21,27,28). The van der Waals surface area contributed by atoms with E-state index in [1.165, 1.54) is 12.8 Å². The van der Waals surface area contributed by atoms with Crippen molar-refractivity contribution in [1.82, 2.24) is 33.9 Å². The van der Waals surface area contributed by atoms with Crippen LogP contribution in [0.5, 0.6) is 0 Å². The maximum absolute atomic E-state index is 12.5. The Bertz CT molecular complexity index is 1140. The fourth-order valence-corrected chi connectivity index (χ4v) is 4.62. The summed E-state index contributed by atoms with van der Waals surface area (Å²) in [7, 11) is 0. The van der Waals surface area contributed by atoms with Crippen molar-refractivity contribution < 1.29 is 0 Å². The normalized spacial score (nSPS) is 14.2. The molecule has 3 heterocycles. The van der Waals surface area contributed by atoms with E-state index in [0.717, 1.165) is 36.2 Å². The van der Waals surface area contributed by atoms with Crippen molar-refractivity contribution in [3.63, 3.8) is 0 Å². The third-order valence-corrected chi connectivity index (χ3v) is 6.31. The first kappa shape index (κ1) is 19.9. The summed E-state index contributed by atoms with van der Waals surface area (Å²) in [6, 6.07) is 0. The topological polar surface area (TPSA) is 103 Å². The molecule has 29 heavy (non-hydrogen) atoms. The Morgan fingerprint density at radius 1 is 1.07 bits per heavy atom. The quantitative estimate of drug-likeness (QED) is 0.537. The molecule has 0 unspecified atom stereocenters. The van der Waals surface area contributed by atoms with Gasteiger partial charge in [0.2, 0.25) is 0 Å². The van der Waals surface area contributed by atoms with Crippen LogP contribution in [0.3, 0.4) is 0 Å². The molecule has 0 saturated heterocycles. The summed E-state index contributed by atoms with van der Waals surface area (Å²) in [6.07, 6.45) is 4.19. The van der Waals surface area contributed by atoms with Crippen LogP contribution in [-0.4, -0.2) is 33.9 Å². The highest BCUT2D eigenvalue weighted by Gasteiger charge is 2.30. The molecule has 1 N–H and O–H groups in total. The molecule has 0 aliphatic heterocycles. The van der Waals surface area contributed by atoms with Crippen molar-refractivity contribution >= 4 is 22.9 Å². The van der Waals surface area contributed by atoms with Gasteiger partial charge in [-0.3, -0.25) is 14.3 Å². The molecule has 1 saturated carbocycles. The maximum Gasteiger partial charge on any atom is 0.330 e. The number of unbranched alkanes of at least 4 members (excludes halogenated alkanes) is 1. The number of aromatic nitrogens is 7. The number of thioether (sulfide) groups is 1. The zero-order valence-corrected chi connectivity index (χ0v) is 18.0. The van der Waals surface area contributed by atoms with Gasteiger partial charge in [0.1, 0.15) is 11.6 Å². The Morgan fingerprint density at radius 3 is 2.48 bits per heavy atom. The zero-order valence-electron chi connectivity index (χ0n) is 17.1. The summed E-state index contributed by atoms with van der Waals surface area (Å²) in [6.45, 7) is 8.14. The fraction of sp³-hybridized carbons (Fsp3) is 0.632. The molecule has 1 fully saturated rings. The first-order valence-electron chi connectivity index (χ1n) is 10.4. The van der Waals surface area contributed by atoms with E-state index in [1.807, 2.05) is 11.5 Å². The molecule has 0 spiro atoms. The van der Waals surface area contributed by atoms with Crippen LogP contribution in [0.25, 0.3) is 11.2 Å². The highest BCUT2D eigenvalue weighted by atomic mass is 32.2. The van der Waals surface area contributed by atoms with Gasteiger partial charge in [-0.1, -0.05) is 25.1 Å². The average Bonchev–Trinajstić information content (AvgIpc) is 3.36. The van der Waals surface area contributed by atoms with Gasteiger partial charge >= 0.3 is 5.69 Å². The monoisotopic (exact) mass is 417 g/mol. The van der Waals surface area contributed by atoms with Gasteiger partial charge in [0, 0.05) is 25.6 Å². The van der Waals surface area contributed by atoms with E-state index in [-0.39, 0.29) is 5.56 Å². The maximum atomic E-state index is 12.5. The fourth-order valence-electron chi connectivity index (χ4n) is 3.67. The van der Waals surface area contributed by atoms with Gasteiger partial charge in [0.05, 0.1) is 5.75 Å². The Kier molecular flexibility index (Phi) is 5.62. The molecule has 0 bridgehead atoms. The van der Waals surface area contributed by atoms with Crippen LogP contribution in [-0.2, 0) is 25.4 Å². The second-order valence-electron chi connectivity index (χ2n) is 7.36. The number of hydrogen-bond acceptors (Lipinski definition) is 6. The molecule has 1 aliphatic carbocycles. The molecule has 1 aliphatic rings. The van der Waals surface area contributed by atoms with Crippen molar-refractivity contribution in [2.24, 2.45) is 0 Å². The SMILES string of the molecule is CCCCn1c(=O)[nH]c(=O)c2c1nc(CSc1nnc(C3CC3)n1CC)n2CC. The molecular weight excluding hydrogens is 390 g/mol. The molecule has 3 aromatic rings. The van der Waals surface area contributed by atoms with Gasteiger partial charge in [0.25, 0.3) is 5.56 Å². The number of aryl methyl sites for hydroxylation is 2. The highest BCUT2D eigenvalue weighted by Crippen LogP contribution is 2.40. The predicted octanol–water partition coefficient (Wildman–Crippen LogP) is 2.49. The predicted molar refractivity (Wildman–Crippen MR) is 112 cm³/mol. The molecule has 156 valence electrons. The van der Waals surface area contributed by atoms with Crippen molar-refractivity contribution in [2.75, 3.05) is 0 Å². The summed E-state index contributed by atoms with van der Waals surface area (Å²) >= 11 is 1.58. The van der Waals surface area contributed by atoms with Crippen LogP contribution < -0.4 is 11.2 Å². The molecule has 4 rings (SSSR count). The van der Waals surface area contributed by atoms with Crippen molar-refractivity contribution in [1.29, 1.82) is 0 Å². The molecule has 0 amide bonds. The summed E-state index contributed by atoms with van der Waals surface area (Å²) < 4.78 is 5.66. The van der Waals surface area contributed by atoms with E-state index in [0.29, 0.717) is 35.9 Å². The minimum Gasteiger partial charge on any atom is -0.322 e. The second-order valence-corrected chi connectivity index (χ2v) is 8.30. The Labute approximate surface area is 172 Å². The van der Waals surface area contributed by atoms with Gasteiger partial charge in [-0.2, -0.15) is 0 Å². The van der Waals surface area contributed by atoms with Crippen LogP contribution in [0, 0.1) is 0 Å². The molecular formula is C19H27N7O2S. The first-order valence-corrected chi connectivity index (χ1v) is 11.4. The lowest BCUT2D eigenvalue weighted by atomic mass is 10.3. The minimum atomic E-state index is -0.393. The first-order chi connectivity index (χ1) is 14.1. The number of imidazole rings is 1. The van der Waals surface area contributed by atoms with Gasteiger partial charge in [-0.25, -0.2) is 9.78 Å². The summed E-state index contributed by atoms with van der Waals surface area (Å²) in [4.78, 5) is 32.0. The lowest BCUT2D eigenvalue weighted by molar-refractivity contribution is 0.613. The Hall–Kier alpha value is -2.36. The second kappa shape index (κ2) is 8.17. The van der Waals surface area contributed by atoms with Crippen LogP contribution in [0.2, 0.25) is 0 Å². The number of rotatable bonds is 9. The summed E-state index contributed by atoms with van der Waals surface area (Å²) in [5.74, 6) is 2.95. The van der Waals surface area contributed by atoms with Crippen molar-refractivity contribution in [3.8, 4) is 0 Å². The van der Waals surface area contributed by atoms with Crippen molar-refractivity contribution in [3.05, 3.63) is 32.5 Å². The largest absolute Gasteiger partial charge is 0.330 e.